The zero-order valence-corrected chi connectivity index (χ0v) is 8.83. The standard InChI is InChI=1S/C11H10N2O4/c14-5-10(17)3-8-1-2-9(12-6-15)4-11(8)13-7-16/h1-2,4,10,14,17H,3,5H2. The molecule has 0 aromatic heterocycles. The first-order valence-corrected chi connectivity index (χ1v) is 4.79. The molecule has 2 N–H and O–H groups in total. The predicted octanol–water partition coefficient (Wildman–Crippen LogP) is 0.517. The molecule has 6 heteroatoms. The Morgan fingerprint density at radius 2 is 1.94 bits per heavy atom. The maximum Gasteiger partial charge on any atom is 0.240 e. The topological polar surface area (TPSA) is 99.3 Å². The molecule has 0 aliphatic carbocycles. The van der Waals surface area contributed by atoms with Crippen molar-refractivity contribution in [1.82, 2.24) is 0 Å². The molecule has 17 heavy (non-hydrogen) atoms. The maximum atomic E-state index is 10.2. The lowest BCUT2D eigenvalue weighted by Gasteiger charge is -2.09. The number of aliphatic imine (C=N–C) groups is 2. The van der Waals surface area contributed by atoms with Gasteiger partial charge in [0.2, 0.25) is 12.2 Å². The van der Waals surface area contributed by atoms with E-state index in [1.807, 2.05) is 0 Å². The molecule has 6 nitrogen and oxygen atoms in total. The molecule has 1 unspecified atom stereocenters. The smallest absolute Gasteiger partial charge is 0.240 e. The van der Waals surface area contributed by atoms with Crippen molar-refractivity contribution in [1.29, 1.82) is 0 Å². The highest BCUT2D eigenvalue weighted by Crippen LogP contribution is 2.26. The summed E-state index contributed by atoms with van der Waals surface area (Å²) in [6.07, 6.45) is 1.95. The van der Waals surface area contributed by atoms with Crippen molar-refractivity contribution in [3.63, 3.8) is 0 Å². The number of benzene rings is 1. The van der Waals surface area contributed by atoms with Crippen LogP contribution in [-0.2, 0) is 16.0 Å². The van der Waals surface area contributed by atoms with Crippen molar-refractivity contribution < 1.29 is 19.8 Å². The molecule has 0 amide bonds. The molecule has 1 rings (SSSR count). The summed E-state index contributed by atoms with van der Waals surface area (Å²) in [4.78, 5) is 27.2. The lowest BCUT2D eigenvalue weighted by Crippen LogP contribution is -2.15. The van der Waals surface area contributed by atoms with E-state index in [1.165, 1.54) is 24.3 Å². The van der Waals surface area contributed by atoms with Crippen LogP contribution in [0.2, 0.25) is 0 Å². The van der Waals surface area contributed by atoms with E-state index < -0.39 is 12.7 Å². The van der Waals surface area contributed by atoms with Gasteiger partial charge < -0.3 is 10.2 Å². The Kier molecular flexibility index (Phi) is 4.94. The Hall–Kier alpha value is -2.10. The van der Waals surface area contributed by atoms with Crippen molar-refractivity contribution >= 4 is 23.5 Å². The Balaban J connectivity index is 3.12. The largest absolute Gasteiger partial charge is 0.394 e. The van der Waals surface area contributed by atoms with Crippen LogP contribution in [0.3, 0.4) is 0 Å². The first kappa shape index (κ1) is 13.0. The Morgan fingerprint density at radius 1 is 1.24 bits per heavy atom. The Morgan fingerprint density at radius 3 is 2.53 bits per heavy atom. The summed E-state index contributed by atoms with van der Waals surface area (Å²) in [5.41, 5.74) is 1.11. The third-order valence-electron chi connectivity index (χ3n) is 2.08. The molecule has 0 radical (unpaired) electrons. The van der Waals surface area contributed by atoms with Crippen LogP contribution in [-0.4, -0.2) is 35.1 Å². The summed E-state index contributed by atoms with van der Waals surface area (Å²) in [6, 6.07) is 4.48. The lowest BCUT2D eigenvalue weighted by atomic mass is 10.1. The molecule has 1 aromatic carbocycles. The van der Waals surface area contributed by atoms with Gasteiger partial charge in [0, 0.05) is 6.42 Å². The van der Waals surface area contributed by atoms with E-state index in [4.69, 9.17) is 5.11 Å². The molecule has 1 aromatic rings. The Labute approximate surface area is 97.0 Å². The molecule has 0 aliphatic heterocycles. The second-order valence-electron chi connectivity index (χ2n) is 3.26. The summed E-state index contributed by atoms with van der Waals surface area (Å²) < 4.78 is 0. The SMILES string of the molecule is O=C=Nc1ccc(CC(O)CO)c(N=C=O)c1. The van der Waals surface area contributed by atoms with E-state index in [1.54, 1.807) is 6.07 Å². The van der Waals surface area contributed by atoms with Crippen LogP contribution in [0.4, 0.5) is 11.4 Å². The van der Waals surface area contributed by atoms with Crippen molar-refractivity contribution in [2.24, 2.45) is 9.98 Å². The number of hydrogen-bond acceptors (Lipinski definition) is 6. The van der Waals surface area contributed by atoms with Crippen LogP contribution in [0, 0.1) is 0 Å². The van der Waals surface area contributed by atoms with Gasteiger partial charge in [0.25, 0.3) is 0 Å². The third-order valence-corrected chi connectivity index (χ3v) is 2.08. The average Bonchev–Trinajstić information content (AvgIpc) is 2.33. The predicted molar refractivity (Wildman–Crippen MR) is 58.8 cm³/mol. The van der Waals surface area contributed by atoms with Gasteiger partial charge in [0.05, 0.1) is 24.1 Å². The summed E-state index contributed by atoms with van der Waals surface area (Å²) in [5, 5.41) is 18.0. The van der Waals surface area contributed by atoms with Crippen LogP contribution in [0.1, 0.15) is 5.56 Å². The van der Waals surface area contributed by atoms with Crippen LogP contribution >= 0.6 is 0 Å². The van der Waals surface area contributed by atoms with E-state index >= 15 is 0 Å². The molecule has 0 heterocycles. The van der Waals surface area contributed by atoms with E-state index in [0.29, 0.717) is 11.3 Å². The highest BCUT2D eigenvalue weighted by molar-refractivity contribution is 5.62. The molecule has 0 aliphatic rings. The second-order valence-corrected chi connectivity index (χ2v) is 3.26. The van der Waals surface area contributed by atoms with Crippen molar-refractivity contribution in [3.05, 3.63) is 23.8 Å². The van der Waals surface area contributed by atoms with Crippen LogP contribution in [0.25, 0.3) is 0 Å². The van der Waals surface area contributed by atoms with Gasteiger partial charge in [-0.05, 0) is 17.7 Å². The number of aliphatic hydroxyl groups is 2. The zero-order chi connectivity index (χ0) is 12.7. The number of nitrogens with zero attached hydrogens (tertiary/aromatic N) is 2. The monoisotopic (exact) mass is 234 g/mol. The van der Waals surface area contributed by atoms with Gasteiger partial charge in [-0.1, -0.05) is 6.07 Å². The van der Waals surface area contributed by atoms with Crippen LogP contribution in [0.5, 0.6) is 0 Å². The molecule has 0 saturated heterocycles. The van der Waals surface area contributed by atoms with Gasteiger partial charge in [-0.2, -0.15) is 9.98 Å². The van der Waals surface area contributed by atoms with Crippen molar-refractivity contribution in [3.8, 4) is 0 Å². The number of hydrogen-bond donors (Lipinski definition) is 2. The molecule has 0 bridgehead atoms. The first-order valence-electron chi connectivity index (χ1n) is 4.79. The van der Waals surface area contributed by atoms with E-state index in [9.17, 15) is 14.7 Å². The maximum absolute atomic E-state index is 10.2. The molecular weight excluding hydrogens is 224 g/mol. The minimum Gasteiger partial charge on any atom is -0.394 e. The summed E-state index contributed by atoms with van der Waals surface area (Å²) in [5.74, 6) is 0. The van der Waals surface area contributed by atoms with Gasteiger partial charge >= 0.3 is 0 Å². The van der Waals surface area contributed by atoms with E-state index in [2.05, 4.69) is 9.98 Å². The molecular formula is C11H10N2O4. The summed E-state index contributed by atoms with van der Waals surface area (Å²) >= 11 is 0. The lowest BCUT2D eigenvalue weighted by molar-refractivity contribution is 0.0956. The normalized spacial score (nSPS) is 11.2. The molecule has 88 valence electrons. The molecule has 1 atom stereocenters. The zero-order valence-electron chi connectivity index (χ0n) is 8.83. The molecule has 0 spiro atoms. The quantitative estimate of drug-likeness (QED) is 0.573. The third kappa shape index (κ3) is 3.75. The van der Waals surface area contributed by atoms with Crippen molar-refractivity contribution in [2.45, 2.75) is 12.5 Å². The Bertz CT molecular complexity index is 488. The number of aliphatic hydroxyl groups excluding tert-OH is 2. The van der Waals surface area contributed by atoms with Crippen LogP contribution in [0.15, 0.2) is 28.2 Å². The average molecular weight is 234 g/mol. The molecule has 0 saturated carbocycles. The van der Waals surface area contributed by atoms with Crippen LogP contribution < -0.4 is 0 Å². The summed E-state index contributed by atoms with van der Waals surface area (Å²) in [6.45, 7) is -0.390. The van der Waals surface area contributed by atoms with Gasteiger partial charge in [0.1, 0.15) is 0 Å². The van der Waals surface area contributed by atoms with Gasteiger partial charge in [-0.3, -0.25) is 0 Å². The van der Waals surface area contributed by atoms with E-state index in [0.717, 1.165) is 0 Å². The van der Waals surface area contributed by atoms with Gasteiger partial charge in [0.15, 0.2) is 0 Å². The fraction of sp³-hybridized carbons (Fsp3) is 0.273. The fourth-order valence-electron chi connectivity index (χ4n) is 1.32. The number of isocyanates is 2. The summed E-state index contributed by atoms with van der Waals surface area (Å²) in [7, 11) is 0. The van der Waals surface area contributed by atoms with Gasteiger partial charge in [-0.25, -0.2) is 9.59 Å². The minimum absolute atomic E-state index is 0.141. The van der Waals surface area contributed by atoms with Crippen molar-refractivity contribution in [2.75, 3.05) is 6.61 Å². The van der Waals surface area contributed by atoms with Gasteiger partial charge in [-0.15, -0.1) is 0 Å². The fourth-order valence-corrected chi connectivity index (χ4v) is 1.32. The highest BCUT2D eigenvalue weighted by Gasteiger charge is 2.09. The minimum atomic E-state index is -0.934. The first-order chi connectivity index (χ1) is 8.21. The highest BCUT2D eigenvalue weighted by atomic mass is 16.3. The van der Waals surface area contributed by atoms with E-state index in [-0.39, 0.29) is 12.1 Å². The number of rotatable bonds is 5. The number of carbonyl (C=O) groups excluding carboxylic acids is 2. The second kappa shape index (κ2) is 6.48. The molecule has 0 fully saturated rings.